The number of furan rings is 1. The van der Waals surface area contributed by atoms with E-state index < -0.39 is 17.7 Å². The molecule has 7 heteroatoms. The van der Waals surface area contributed by atoms with E-state index >= 15 is 0 Å². The Bertz CT molecular complexity index is 941. The van der Waals surface area contributed by atoms with Crippen molar-refractivity contribution in [3.8, 4) is 17.1 Å². The SMILES string of the molecule is CCOC(=O)c1c(-c2ccccc2C(F)(F)F)oc2ccc(O)cc12. The zero-order valence-corrected chi connectivity index (χ0v) is 13.1. The van der Waals surface area contributed by atoms with Gasteiger partial charge in [0.15, 0.2) is 5.76 Å². The molecule has 0 unspecified atom stereocenters. The van der Waals surface area contributed by atoms with Crippen molar-refractivity contribution in [2.45, 2.75) is 13.1 Å². The minimum Gasteiger partial charge on any atom is -0.508 e. The summed E-state index contributed by atoms with van der Waals surface area (Å²) in [6, 6.07) is 8.77. The highest BCUT2D eigenvalue weighted by atomic mass is 19.4. The van der Waals surface area contributed by atoms with E-state index in [0.29, 0.717) is 0 Å². The molecule has 4 nitrogen and oxygen atoms in total. The molecule has 25 heavy (non-hydrogen) atoms. The molecule has 0 bridgehead atoms. The Morgan fingerprint density at radius 2 is 1.92 bits per heavy atom. The summed E-state index contributed by atoms with van der Waals surface area (Å²) in [5, 5.41) is 9.84. The number of hydrogen-bond acceptors (Lipinski definition) is 4. The molecule has 0 atom stereocenters. The van der Waals surface area contributed by atoms with Gasteiger partial charge in [0.2, 0.25) is 0 Å². The number of alkyl halides is 3. The number of aromatic hydroxyl groups is 1. The van der Waals surface area contributed by atoms with Gasteiger partial charge in [-0.3, -0.25) is 0 Å². The van der Waals surface area contributed by atoms with Crippen molar-refractivity contribution < 1.29 is 32.2 Å². The first-order valence-electron chi connectivity index (χ1n) is 7.42. The van der Waals surface area contributed by atoms with Gasteiger partial charge in [0.05, 0.1) is 12.2 Å². The van der Waals surface area contributed by atoms with Crippen LogP contribution >= 0.6 is 0 Å². The summed E-state index contributed by atoms with van der Waals surface area (Å²) in [6.07, 6.45) is -4.62. The summed E-state index contributed by atoms with van der Waals surface area (Å²) in [4.78, 5) is 12.3. The van der Waals surface area contributed by atoms with Gasteiger partial charge in [-0.1, -0.05) is 18.2 Å². The minimum atomic E-state index is -4.62. The molecule has 1 aromatic heterocycles. The quantitative estimate of drug-likeness (QED) is 0.675. The number of fused-ring (bicyclic) bond motifs is 1. The first kappa shape index (κ1) is 16.9. The van der Waals surface area contributed by atoms with Gasteiger partial charge in [-0.05, 0) is 31.2 Å². The van der Waals surface area contributed by atoms with Crippen LogP contribution in [-0.2, 0) is 10.9 Å². The highest BCUT2D eigenvalue weighted by Crippen LogP contribution is 2.42. The average molecular weight is 350 g/mol. The molecule has 0 aliphatic carbocycles. The topological polar surface area (TPSA) is 59.7 Å². The molecule has 3 rings (SSSR count). The molecule has 0 fully saturated rings. The van der Waals surface area contributed by atoms with E-state index in [2.05, 4.69) is 0 Å². The van der Waals surface area contributed by atoms with Crippen LogP contribution in [0.4, 0.5) is 13.2 Å². The Hall–Kier alpha value is -2.96. The van der Waals surface area contributed by atoms with Crippen molar-refractivity contribution in [1.29, 1.82) is 0 Å². The molecule has 0 saturated carbocycles. The Morgan fingerprint density at radius 1 is 1.20 bits per heavy atom. The Balaban J connectivity index is 2.34. The van der Waals surface area contributed by atoms with Gasteiger partial charge in [-0.25, -0.2) is 4.79 Å². The summed E-state index contributed by atoms with van der Waals surface area (Å²) in [5.41, 5.74) is -1.17. The van der Waals surface area contributed by atoms with Crippen LogP contribution < -0.4 is 0 Å². The molecule has 130 valence electrons. The molecule has 1 N–H and O–H groups in total. The van der Waals surface area contributed by atoms with E-state index in [1.807, 2.05) is 0 Å². The van der Waals surface area contributed by atoms with Crippen molar-refractivity contribution in [3.63, 3.8) is 0 Å². The Kier molecular flexibility index (Phi) is 4.16. The van der Waals surface area contributed by atoms with E-state index in [4.69, 9.17) is 9.15 Å². The summed E-state index contributed by atoms with van der Waals surface area (Å²) >= 11 is 0. The Morgan fingerprint density at radius 3 is 2.60 bits per heavy atom. The number of benzene rings is 2. The van der Waals surface area contributed by atoms with Crippen molar-refractivity contribution in [2.24, 2.45) is 0 Å². The number of rotatable bonds is 3. The van der Waals surface area contributed by atoms with Crippen LogP contribution in [0.3, 0.4) is 0 Å². The third-order valence-electron chi connectivity index (χ3n) is 3.63. The molecule has 3 aromatic rings. The second-order valence-corrected chi connectivity index (χ2v) is 5.25. The molecular weight excluding hydrogens is 337 g/mol. The van der Waals surface area contributed by atoms with Gasteiger partial charge in [0, 0.05) is 10.9 Å². The fourth-order valence-electron chi connectivity index (χ4n) is 2.61. The summed E-state index contributed by atoms with van der Waals surface area (Å²) in [7, 11) is 0. The number of carbonyl (C=O) groups excluding carboxylic acids is 1. The van der Waals surface area contributed by atoms with E-state index in [-0.39, 0.29) is 40.2 Å². The maximum atomic E-state index is 13.3. The summed E-state index contributed by atoms with van der Waals surface area (Å²) in [6.45, 7) is 1.63. The largest absolute Gasteiger partial charge is 0.508 e. The van der Waals surface area contributed by atoms with Crippen molar-refractivity contribution >= 4 is 16.9 Å². The van der Waals surface area contributed by atoms with E-state index in [1.165, 1.54) is 36.4 Å². The van der Waals surface area contributed by atoms with Crippen molar-refractivity contribution in [2.75, 3.05) is 6.61 Å². The lowest BCUT2D eigenvalue weighted by atomic mass is 10.0. The first-order valence-corrected chi connectivity index (χ1v) is 7.42. The number of phenolic OH excluding ortho intramolecular Hbond substituents is 1. The van der Waals surface area contributed by atoms with Crippen molar-refractivity contribution in [1.82, 2.24) is 0 Å². The summed E-state index contributed by atoms with van der Waals surface area (Å²) in [5.74, 6) is -1.21. The smallest absolute Gasteiger partial charge is 0.417 e. The third-order valence-corrected chi connectivity index (χ3v) is 3.63. The van der Waals surface area contributed by atoms with Gasteiger partial charge in [0.25, 0.3) is 0 Å². The molecule has 1 heterocycles. The van der Waals surface area contributed by atoms with Crippen molar-refractivity contribution in [3.05, 3.63) is 53.6 Å². The van der Waals surface area contributed by atoms with Crippen LogP contribution in [0.25, 0.3) is 22.3 Å². The fraction of sp³-hybridized carbons (Fsp3) is 0.167. The second-order valence-electron chi connectivity index (χ2n) is 5.25. The monoisotopic (exact) mass is 350 g/mol. The fourth-order valence-corrected chi connectivity index (χ4v) is 2.61. The van der Waals surface area contributed by atoms with E-state index in [1.54, 1.807) is 6.92 Å². The lowest BCUT2D eigenvalue weighted by Gasteiger charge is -2.12. The van der Waals surface area contributed by atoms with Gasteiger partial charge in [-0.15, -0.1) is 0 Å². The van der Waals surface area contributed by atoms with Crippen LogP contribution in [-0.4, -0.2) is 17.7 Å². The van der Waals surface area contributed by atoms with Crippen LogP contribution in [0.5, 0.6) is 5.75 Å². The van der Waals surface area contributed by atoms with Crippen LogP contribution in [0.2, 0.25) is 0 Å². The highest BCUT2D eigenvalue weighted by Gasteiger charge is 2.36. The van der Waals surface area contributed by atoms with Crippen LogP contribution in [0.1, 0.15) is 22.8 Å². The molecule has 0 spiro atoms. The zero-order valence-electron chi connectivity index (χ0n) is 13.1. The maximum absolute atomic E-state index is 13.3. The second kappa shape index (κ2) is 6.16. The number of carbonyl (C=O) groups is 1. The number of halogens is 3. The van der Waals surface area contributed by atoms with Crippen LogP contribution in [0, 0.1) is 0 Å². The minimum absolute atomic E-state index is 0.0463. The first-order chi connectivity index (χ1) is 11.8. The van der Waals surface area contributed by atoms with Gasteiger partial charge >= 0.3 is 12.1 Å². The average Bonchev–Trinajstić information content (AvgIpc) is 2.92. The molecule has 2 aromatic carbocycles. The number of ether oxygens (including phenoxy) is 1. The number of phenols is 1. The molecule has 0 aliphatic heterocycles. The Labute approximate surface area is 140 Å². The predicted octanol–water partition coefficient (Wildman–Crippen LogP) is 5.00. The normalized spacial score (nSPS) is 11.7. The standard InChI is InChI=1S/C18H13F3O4/c1-2-24-17(23)15-12-9-10(22)7-8-14(12)25-16(15)11-5-3-4-6-13(11)18(19,20)21/h3-9,22H,2H2,1H3. The molecule has 0 radical (unpaired) electrons. The number of hydrogen-bond donors (Lipinski definition) is 1. The van der Waals surface area contributed by atoms with Crippen LogP contribution in [0.15, 0.2) is 46.9 Å². The highest BCUT2D eigenvalue weighted by molar-refractivity contribution is 6.09. The lowest BCUT2D eigenvalue weighted by molar-refractivity contribution is -0.137. The lowest BCUT2D eigenvalue weighted by Crippen LogP contribution is -2.09. The molecule has 0 aliphatic rings. The van der Waals surface area contributed by atoms with E-state index in [0.717, 1.165) is 6.07 Å². The maximum Gasteiger partial charge on any atom is 0.417 e. The van der Waals surface area contributed by atoms with Gasteiger partial charge in [0.1, 0.15) is 16.9 Å². The van der Waals surface area contributed by atoms with Gasteiger partial charge < -0.3 is 14.3 Å². The van der Waals surface area contributed by atoms with Gasteiger partial charge in [-0.2, -0.15) is 13.2 Å². The predicted molar refractivity (Wildman–Crippen MR) is 84.3 cm³/mol. The number of esters is 1. The molecular formula is C18H13F3O4. The van der Waals surface area contributed by atoms with E-state index in [9.17, 15) is 23.1 Å². The summed E-state index contributed by atoms with van der Waals surface area (Å²) < 4.78 is 50.5. The molecule has 0 amide bonds. The zero-order chi connectivity index (χ0) is 18.2. The third kappa shape index (κ3) is 3.05. The molecule has 0 saturated heterocycles.